The minimum atomic E-state index is -0.360. The van der Waals surface area contributed by atoms with Crippen LogP contribution in [0.5, 0.6) is 0 Å². The lowest BCUT2D eigenvalue weighted by atomic mass is 9.89. The number of nitrogens with zero attached hydrogens (tertiary/aromatic N) is 1. The second-order valence-corrected chi connectivity index (χ2v) is 8.11. The van der Waals surface area contributed by atoms with E-state index < -0.39 is 0 Å². The first kappa shape index (κ1) is 20.3. The van der Waals surface area contributed by atoms with E-state index in [4.69, 9.17) is 0 Å². The molecule has 1 aromatic carbocycles. The number of benzene rings is 1. The van der Waals surface area contributed by atoms with Gasteiger partial charge in [-0.3, -0.25) is 9.79 Å². The summed E-state index contributed by atoms with van der Waals surface area (Å²) in [4.78, 5) is 16.2. The lowest BCUT2D eigenvalue weighted by Crippen LogP contribution is -2.44. The quantitative estimate of drug-likeness (QED) is 0.431. The molecule has 1 aliphatic carbocycles. The van der Waals surface area contributed by atoms with Gasteiger partial charge in [0.2, 0.25) is 5.91 Å². The molecule has 0 saturated heterocycles. The van der Waals surface area contributed by atoms with Gasteiger partial charge in [0, 0.05) is 25.6 Å². The highest BCUT2D eigenvalue weighted by Gasteiger charge is 2.20. The van der Waals surface area contributed by atoms with Crippen molar-refractivity contribution in [3.8, 4) is 0 Å². The van der Waals surface area contributed by atoms with Crippen LogP contribution in [0.1, 0.15) is 63.3 Å². The van der Waals surface area contributed by atoms with Gasteiger partial charge in [-0.25, -0.2) is 0 Å². The Bertz CT molecular complexity index is 646. The molecule has 1 aromatic rings. The molecule has 0 bridgehead atoms. The second kappa shape index (κ2) is 9.06. The first-order chi connectivity index (χ1) is 12.3. The predicted molar refractivity (Wildman–Crippen MR) is 108 cm³/mol. The number of aryl methyl sites for hydroxylation is 2. The number of aliphatic imine (C=N–C) groups is 1. The van der Waals surface area contributed by atoms with Crippen LogP contribution in [0, 0.1) is 5.41 Å². The minimum absolute atomic E-state index is 0.0599. The van der Waals surface area contributed by atoms with E-state index in [9.17, 15) is 4.79 Å². The van der Waals surface area contributed by atoms with Gasteiger partial charge >= 0.3 is 0 Å². The van der Waals surface area contributed by atoms with Crippen molar-refractivity contribution in [2.75, 3.05) is 20.1 Å². The van der Waals surface area contributed by atoms with Crippen LogP contribution in [0.15, 0.2) is 23.2 Å². The van der Waals surface area contributed by atoms with Crippen LogP contribution in [-0.4, -0.2) is 32.0 Å². The maximum Gasteiger partial charge on any atom is 0.225 e. The Morgan fingerprint density at radius 3 is 2.42 bits per heavy atom. The molecule has 0 aromatic heterocycles. The average Bonchev–Trinajstić information content (AvgIpc) is 2.62. The molecule has 2 rings (SSSR count). The van der Waals surface area contributed by atoms with Gasteiger partial charge in [-0.05, 0) is 49.3 Å². The van der Waals surface area contributed by atoms with Gasteiger partial charge in [0.1, 0.15) is 0 Å². The van der Waals surface area contributed by atoms with Crippen molar-refractivity contribution in [2.24, 2.45) is 10.4 Å². The Morgan fingerprint density at radius 1 is 1.12 bits per heavy atom. The van der Waals surface area contributed by atoms with E-state index in [0.717, 1.165) is 5.96 Å². The lowest BCUT2D eigenvalue weighted by Gasteiger charge is -2.22. The molecule has 26 heavy (non-hydrogen) atoms. The molecule has 3 N–H and O–H groups in total. The first-order valence-electron chi connectivity index (χ1n) is 9.68. The summed E-state index contributed by atoms with van der Waals surface area (Å²) in [5, 5.41) is 9.63. The zero-order chi connectivity index (χ0) is 19.2. The molecule has 0 heterocycles. The summed E-state index contributed by atoms with van der Waals surface area (Å²) in [6, 6.07) is 7.01. The SMILES string of the molecule is CN=C(NCCNC(=O)C(C)(C)C)NC(C)c1ccc2c(c1)CCCC2. The Kier molecular flexibility index (Phi) is 7.06. The van der Waals surface area contributed by atoms with E-state index in [-0.39, 0.29) is 17.4 Å². The van der Waals surface area contributed by atoms with Gasteiger partial charge in [0.15, 0.2) is 5.96 Å². The number of fused-ring (bicyclic) bond motifs is 1. The fourth-order valence-corrected chi connectivity index (χ4v) is 3.13. The van der Waals surface area contributed by atoms with Gasteiger partial charge < -0.3 is 16.0 Å². The molecule has 0 saturated carbocycles. The Morgan fingerprint density at radius 2 is 1.77 bits per heavy atom. The number of guanidine groups is 1. The molecule has 1 amide bonds. The number of carbonyl (C=O) groups excluding carboxylic acids is 1. The third kappa shape index (κ3) is 5.75. The molecule has 1 unspecified atom stereocenters. The summed E-state index contributed by atoms with van der Waals surface area (Å²) in [6.45, 7) is 9.10. The third-order valence-electron chi connectivity index (χ3n) is 4.83. The van der Waals surface area contributed by atoms with Gasteiger partial charge in [0.25, 0.3) is 0 Å². The first-order valence-corrected chi connectivity index (χ1v) is 9.68. The molecule has 144 valence electrons. The van der Waals surface area contributed by atoms with Crippen molar-refractivity contribution in [2.45, 2.75) is 59.4 Å². The van der Waals surface area contributed by atoms with E-state index in [1.165, 1.54) is 42.4 Å². The molecule has 5 nitrogen and oxygen atoms in total. The zero-order valence-corrected chi connectivity index (χ0v) is 16.9. The van der Waals surface area contributed by atoms with Crippen molar-refractivity contribution >= 4 is 11.9 Å². The van der Waals surface area contributed by atoms with Gasteiger partial charge in [0.05, 0.1) is 6.04 Å². The molecular formula is C21H34N4O. The van der Waals surface area contributed by atoms with Crippen LogP contribution in [-0.2, 0) is 17.6 Å². The highest BCUT2D eigenvalue weighted by molar-refractivity contribution is 5.82. The minimum Gasteiger partial charge on any atom is -0.355 e. The molecule has 0 fully saturated rings. The predicted octanol–water partition coefficient (Wildman–Crippen LogP) is 2.95. The summed E-state index contributed by atoms with van der Waals surface area (Å²) in [7, 11) is 1.77. The Hall–Kier alpha value is -2.04. The number of rotatable bonds is 5. The molecule has 0 spiro atoms. The van der Waals surface area contributed by atoms with E-state index >= 15 is 0 Å². The fraction of sp³-hybridized carbons (Fsp3) is 0.619. The van der Waals surface area contributed by atoms with E-state index in [2.05, 4.69) is 46.1 Å². The maximum atomic E-state index is 11.9. The smallest absolute Gasteiger partial charge is 0.225 e. The third-order valence-corrected chi connectivity index (χ3v) is 4.83. The van der Waals surface area contributed by atoms with Gasteiger partial charge in [-0.2, -0.15) is 0 Å². The monoisotopic (exact) mass is 358 g/mol. The summed E-state index contributed by atoms with van der Waals surface area (Å²) in [5.74, 6) is 0.810. The standard InChI is InChI=1S/C21H34N4O/c1-15(17-11-10-16-8-6-7-9-18(16)14-17)25-20(22-5)24-13-12-23-19(26)21(2,3)4/h10-11,14-15H,6-9,12-13H2,1-5H3,(H,23,26)(H2,22,24,25). The van der Waals surface area contributed by atoms with Crippen molar-refractivity contribution in [3.05, 3.63) is 34.9 Å². The summed E-state index contributed by atoms with van der Waals surface area (Å²) >= 11 is 0. The number of hydrogen-bond acceptors (Lipinski definition) is 2. The van der Waals surface area contributed by atoms with Gasteiger partial charge in [-0.15, -0.1) is 0 Å². The van der Waals surface area contributed by atoms with Crippen molar-refractivity contribution < 1.29 is 4.79 Å². The largest absolute Gasteiger partial charge is 0.355 e. The molecule has 1 aliphatic rings. The molecule has 0 aliphatic heterocycles. The number of nitrogens with one attached hydrogen (secondary N) is 3. The normalized spacial score (nSPS) is 15.8. The molecule has 1 atom stereocenters. The summed E-state index contributed by atoms with van der Waals surface area (Å²) in [6.07, 6.45) is 5.00. The van der Waals surface area contributed by atoms with E-state index in [1.807, 2.05) is 20.8 Å². The zero-order valence-electron chi connectivity index (χ0n) is 16.9. The molecule has 0 radical (unpaired) electrons. The van der Waals surface area contributed by atoms with E-state index in [1.54, 1.807) is 7.05 Å². The van der Waals surface area contributed by atoms with Crippen LogP contribution in [0.4, 0.5) is 0 Å². The molecular weight excluding hydrogens is 324 g/mol. The number of amides is 1. The topological polar surface area (TPSA) is 65.5 Å². The molecule has 5 heteroatoms. The van der Waals surface area contributed by atoms with Crippen LogP contribution >= 0.6 is 0 Å². The highest BCUT2D eigenvalue weighted by atomic mass is 16.2. The van der Waals surface area contributed by atoms with Crippen LogP contribution < -0.4 is 16.0 Å². The van der Waals surface area contributed by atoms with Crippen LogP contribution in [0.2, 0.25) is 0 Å². The van der Waals surface area contributed by atoms with Crippen LogP contribution in [0.3, 0.4) is 0 Å². The van der Waals surface area contributed by atoms with E-state index in [0.29, 0.717) is 13.1 Å². The Balaban J connectivity index is 1.83. The number of carbonyl (C=O) groups is 1. The number of hydrogen-bond donors (Lipinski definition) is 3. The fourth-order valence-electron chi connectivity index (χ4n) is 3.13. The lowest BCUT2D eigenvalue weighted by molar-refractivity contribution is -0.128. The maximum absolute atomic E-state index is 11.9. The summed E-state index contributed by atoms with van der Waals surface area (Å²) < 4.78 is 0. The summed E-state index contributed by atoms with van der Waals surface area (Å²) in [5.41, 5.74) is 3.93. The highest BCUT2D eigenvalue weighted by Crippen LogP contribution is 2.24. The Labute approximate surface area is 158 Å². The van der Waals surface area contributed by atoms with Crippen molar-refractivity contribution in [1.29, 1.82) is 0 Å². The van der Waals surface area contributed by atoms with Crippen molar-refractivity contribution in [1.82, 2.24) is 16.0 Å². The van der Waals surface area contributed by atoms with Crippen molar-refractivity contribution in [3.63, 3.8) is 0 Å². The average molecular weight is 359 g/mol. The van der Waals surface area contributed by atoms with Crippen LogP contribution in [0.25, 0.3) is 0 Å². The van der Waals surface area contributed by atoms with Gasteiger partial charge in [-0.1, -0.05) is 39.0 Å². The second-order valence-electron chi connectivity index (χ2n) is 8.11.